The zero-order valence-corrected chi connectivity index (χ0v) is 17.1. The van der Waals surface area contributed by atoms with Gasteiger partial charge in [-0.1, -0.05) is 57.5 Å². The Labute approximate surface area is 164 Å². The number of nitrogens with two attached hydrogens (primary N) is 1. The van der Waals surface area contributed by atoms with Gasteiger partial charge in [0.2, 0.25) is 5.91 Å². The minimum atomic E-state index is -0.158. The molecule has 0 aliphatic heterocycles. The lowest BCUT2D eigenvalue weighted by atomic mass is 9.68. The summed E-state index contributed by atoms with van der Waals surface area (Å²) in [5.74, 6) is 2.07. The molecular weight excluding hydrogens is 336 g/mol. The van der Waals surface area contributed by atoms with Crippen molar-refractivity contribution < 1.29 is 9.59 Å². The maximum absolute atomic E-state index is 13.0. The summed E-state index contributed by atoms with van der Waals surface area (Å²) in [6.07, 6.45) is 5.34. The van der Waals surface area contributed by atoms with E-state index in [9.17, 15) is 9.59 Å². The van der Waals surface area contributed by atoms with Gasteiger partial charge < -0.3 is 11.1 Å². The van der Waals surface area contributed by atoms with E-state index in [2.05, 4.69) is 38.2 Å². The van der Waals surface area contributed by atoms with Crippen LogP contribution in [0.2, 0.25) is 0 Å². The standard InChI is InChI=1S/C23H36N2O2/c1-16(2)20-11-9-17(3)13-21(20)22(26)12-10-19(25-23(27)15-24)14-18-7-5-4-6-8-18/h4-8,16-17,19-21H,9-15,24H2,1-3H3,(H,25,27)/t17-,19-,20+,21-/m1/s1. The summed E-state index contributed by atoms with van der Waals surface area (Å²) in [4.78, 5) is 24.9. The molecule has 27 heavy (non-hydrogen) atoms. The maximum atomic E-state index is 13.0. The molecule has 1 aliphatic rings. The molecule has 0 saturated heterocycles. The van der Waals surface area contributed by atoms with E-state index in [1.54, 1.807) is 0 Å². The highest BCUT2D eigenvalue weighted by atomic mass is 16.2. The molecule has 150 valence electrons. The van der Waals surface area contributed by atoms with Crippen LogP contribution < -0.4 is 11.1 Å². The van der Waals surface area contributed by atoms with Crippen LogP contribution >= 0.6 is 0 Å². The highest BCUT2D eigenvalue weighted by molar-refractivity contribution is 5.82. The maximum Gasteiger partial charge on any atom is 0.233 e. The first kappa shape index (κ1) is 21.6. The Bertz CT molecular complexity index is 600. The van der Waals surface area contributed by atoms with Gasteiger partial charge in [0.25, 0.3) is 0 Å². The lowest BCUT2D eigenvalue weighted by Crippen LogP contribution is -2.41. The molecule has 4 atom stereocenters. The number of rotatable bonds is 9. The number of hydrogen-bond acceptors (Lipinski definition) is 3. The second kappa shape index (κ2) is 10.6. The van der Waals surface area contributed by atoms with Crippen LogP contribution in [0, 0.1) is 23.7 Å². The van der Waals surface area contributed by atoms with E-state index >= 15 is 0 Å². The first-order valence-electron chi connectivity index (χ1n) is 10.5. The highest BCUT2D eigenvalue weighted by Crippen LogP contribution is 2.39. The molecule has 4 nitrogen and oxygen atoms in total. The van der Waals surface area contributed by atoms with Gasteiger partial charge in [0.05, 0.1) is 6.54 Å². The predicted octanol–water partition coefficient (Wildman–Crippen LogP) is 3.73. The summed E-state index contributed by atoms with van der Waals surface area (Å²) < 4.78 is 0. The molecule has 0 heterocycles. The Balaban J connectivity index is 1.99. The van der Waals surface area contributed by atoms with Crippen molar-refractivity contribution in [3.63, 3.8) is 0 Å². The SMILES string of the molecule is CC(C)[C@@H]1CC[C@@H](C)C[C@H]1C(=O)CC[C@H](Cc1ccccc1)NC(=O)CN. The number of carbonyl (C=O) groups is 2. The van der Waals surface area contributed by atoms with Gasteiger partial charge in [0.1, 0.15) is 5.78 Å². The average molecular weight is 373 g/mol. The van der Waals surface area contributed by atoms with Crippen LogP contribution in [0.3, 0.4) is 0 Å². The van der Waals surface area contributed by atoms with Gasteiger partial charge in [-0.25, -0.2) is 0 Å². The molecule has 2 rings (SSSR count). The van der Waals surface area contributed by atoms with Gasteiger partial charge in [-0.2, -0.15) is 0 Å². The molecule has 1 aromatic carbocycles. The summed E-state index contributed by atoms with van der Waals surface area (Å²) in [7, 11) is 0. The largest absolute Gasteiger partial charge is 0.352 e. The van der Waals surface area contributed by atoms with E-state index in [1.807, 2.05) is 18.2 Å². The van der Waals surface area contributed by atoms with Crippen LogP contribution in [0.4, 0.5) is 0 Å². The number of Topliss-reactive ketones (excluding diaryl/α,β-unsaturated/α-hetero) is 1. The van der Waals surface area contributed by atoms with Crippen molar-refractivity contribution in [2.24, 2.45) is 29.4 Å². The molecule has 0 spiro atoms. The van der Waals surface area contributed by atoms with Crippen LogP contribution in [-0.2, 0) is 16.0 Å². The number of hydrogen-bond donors (Lipinski definition) is 2. The molecule has 0 bridgehead atoms. The third-order valence-electron chi connectivity index (χ3n) is 6.05. The van der Waals surface area contributed by atoms with Crippen molar-refractivity contribution in [3.8, 4) is 0 Å². The summed E-state index contributed by atoms with van der Waals surface area (Å²) in [5.41, 5.74) is 6.64. The van der Waals surface area contributed by atoms with Crippen LogP contribution in [0.25, 0.3) is 0 Å². The van der Waals surface area contributed by atoms with Crippen molar-refractivity contribution in [1.29, 1.82) is 0 Å². The van der Waals surface area contributed by atoms with Gasteiger partial charge in [-0.05, 0) is 49.0 Å². The smallest absolute Gasteiger partial charge is 0.233 e. The van der Waals surface area contributed by atoms with Gasteiger partial charge in [0.15, 0.2) is 0 Å². The fraction of sp³-hybridized carbons (Fsp3) is 0.652. The lowest BCUT2D eigenvalue weighted by Gasteiger charge is -2.36. The van der Waals surface area contributed by atoms with Crippen LogP contribution in [0.5, 0.6) is 0 Å². The van der Waals surface area contributed by atoms with Crippen molar-refractivity contribution in [2.45, 2.75) is 65.3 Å². The number of carbonyl (C=O) groups excluding carboxylic acids is 2. The number of ketones is 1. The van der Waals surface area contributed by atoms with Gasteiger partial charge in [-0.15, -0.1) is 0 Å². The zero-order chi connectivity index (χ0) is 19.8. The minimum absolute atomic E-state index is 0.0190. The van der Waals surface area contributed by atoms with E-state index in [0.29, 0.717) is 36.4 Å². The number of benzene rings is 1. The topological polar surface area (TPSA) is 72.2 Å². The Morgan fingerprint density at radius 1 is 1.19 bits per heavy atom. The molecule has 1 aromatic rings. The molecule has 0 radical (unpaired) electrons. The molecule has 1 fully saturated rings. The van der Waals surface area contributed by atoms with Crippen molar-refractivity contribution in [3.05, 3.63) is 35.9 Å². The second-order valence-corrected chi connectivity index (χ2v) is 8.60. The van der Waals surface area contributed by atoms with Crippen molar-refractivity contribution in [2.75, 3.05) is 6.54 Å². The van der Waals surface area contributed by atoms with Gasteiger partial charge in [0, 0.05) is 18.4 Å². The van der Waals surface area contributed by atoms with E-state index in [4.69, 9.17) is 5.73 Å². The lowest BCUT2D eigenvalue weighted by molar-refractivity contribution is -0.127. The third-order valence-corrected chi connectivity index (χ3v) is 6.05. The van der Waals surface area contributed by atoms with E-state index in [0.717, 1.165) is 19.3 Å². The van der Waals surface area contributed by atoms with Crippen molar-refractivity contribution >= 4 is 11.7 Å². The molecule has 1 aliphatic carbocycles. The fourth-order valence-corrected chi connectivity index (χ4v) is 4.48. The normalized spacial score (nSPS) is 23.8. The third kappa shape index (κ3) is 6.76. The van der Waals surface area contributed by atoms with Crippen LogP contribution in [0.1, 0.15) is 58.4 Å². The van der Waals surface area contributed by atoms with E-state index < -0.39 is 0 Å². The summed E-state index contributed by atoms with van der Waals surface area (Å²) in [6.45, 7) is 6.71. The molecule has 0 unspecified atom stereocenters. The molecule has 1 saturated carbocycles. The first-order chi connectivity index (χ1) is 12.9. The quantitative estimate of drug-likeness (QED) is 0.694. The molecule has 3 N–H and O–H groups in total. The molecule has 0 aromatic heterocycles. The zero-order valence-electron chi connectivity index (χ0n) is 17.1. The summed E-state index contributed by atoms with van der Waals surface area (Å²) in [5, 5.41) is 3.00. The molecular formula is C23H36N2O2. The second-order valence-electron chi connectivity index (χ2n) is 8.60. The highest BCUT2D eigenvalue weighted by Gasteiger charge is 2.35. The summed E-state index contributed by atoms with van der Waals surface area (Å²) >= 11 is 0. The Morgan fingerprint density at radius 3 is 2.52 bits per heavy atom. The Hall–Kier alpha value is -1.68. The average Bonchev–Trinajstić information content (AvgIpc) is 2.66. The van der Waals surface area contributed by atoms with Crippen molar-refractivity contribution in [1.82, 2.24) is 5.32 Å². The predicted molar refractivity (Wildman–Crippen MR) is 110 cm³/mol. The Morgan fingerprint density at radius 2 is 1.89 bits per heavy atom. The number of nitrogens with one attached hydrogen (secondary N) is 1. The van der Waals surface area contributed by atoms with E-state index in [1.165, 1.54) is 12.0 Å². The Kier molecular flexibility index (Phi) is 8.49. The molecule has 1 amide bonds. The van der Waals surface area contributed by atoms with Gasteiger partial charge in [-0.3, -0.25) is 9.59 Å². The van der Waals surface area contributed by atoms with E-state index in [-0.39, 0.29) is 24.4 Å². The minimum Gasteiger partial charge on any atom is -0.352 e. The molecule has 4 heteroatoms. The fourth-order valence-electron chi connectivity index (χ4n) is 4.48. The summed E-state index contributed by atoms with van der Waals surface area (Å²) in [6, 6.07) is 10.0. The monoisotopic (exact) mass is 372 g/mol. The van der Waals surface area contributed by atoms with Gasteiger partial charge >= 0.3 is 0 Å². The first-order valence-corrected chi connectivity index (χ1v) is 10.5. The number of amides is 1. The van der Waals surface area contributed by atoms with Crippen LogP contribution in [0.15, 0.2) is 30.3 Å². The van der Waals surface area contributed by atoms with Crippen LogP contribution in [-0.4, -0.2) is 24.3 Å².